The zero-order valence-corrected chi connectivity index (χ0v) is 11.7. The fourth-order valence-electron chi connectivity index (χ4n) is 2.10. The van der Waals surface area contributed by atoms with Crippen molar-refractivity contribution in [2.24, 2.45) is 5.92 Å². The Hall–Kier alpha value is -0.440. The minimum atomic E-state index is 0.468. The Morgan fingerprint density at radius 2 is 1.88 bits per heavy atom. The normalized spacial score (nSPS) is 17.5. The van der Waals surface area contributed by atoms with Crippen LogP contribution >= 0.6 is 23.2 Å². The lowest BCUT2D eigenvalue weighted by Gasteiger charge is -2.24. The van der Waals surface area contributed by atoms with Crippen LogP contribution in [0, 0.1) is 5.92 Å². The molecule has 1 aliphatic carbocycles. The summed E-state index contributed by atoms with van der Waals surface area (Å²) in [5.41, 5.74) is 7.30. The Morgan fingerprint density at radius 1 is 1.35 bits per heavy atom. The van der Waals surface area contributed by atoms with Crippen molar-refractivity contribution in [3.8, 4) is 0 Å². The van der Waals surface area contributed by atoms with E-state index in [1.165, 1.54) is 12.8 Å². The van der Waals surface area contributed by atoms with E-state index in [1.54, 1.807) is 0 Å². The average Bonchev–Trinajstić information content (AvgIpc) is 3.08. The second-order valence-corrected chi connectivity index (χ2v) is 5.78. The highest BCUT2D eigenvalue weighted by Gasteiger charge is 2.30. The molecule has 0 heterocycles. The van der Waals surface area contributed by atoms with Gasteiger partial charge in [-0.05, 0) is 50.4 Å². The minimum absolute atomic E-state index is 0.468. The fraction of sp³-hybridized carbons (Fsp3) is 0.538. The van der Waals surface area contributed by atoms with Gasteiger partial charge in [0, 0.05) is 12.6 Å². The van der Waals surface area contributed by atoms with Crippen LogP contribution < -0.4 is 5.73 Å². The Kier molecular flexibility index (Phi) is 3.86. The Labute approximate surface area is 113 Å². The summed E-state index contributed by atoms with van der Waals surface area (Å²) < 4.78 is 0. The van der Waals surface area contributed by atoms with E-state index >= 15 is 0 Å². The van der Waals surface area contributed by atoms with Crippen molar-refractivity contribution in [1.29, 1.82) is 0 Å². The number of nitrogens with zero attached hydrogens (tertiary/aromatic N) is 1. The van der Waals surface area contributed by atoms with Crippen LogP contribution in [0.5, 0.6) is 0 Å². The van der Waals surface area contributed by atoms with Crippen molar-refractivity contribution in [2.75, 3.05) is 12.8 Å². The molecule has 0 spiro atoms. The molecular weight excluding hydrogens is 255 g/mol. The smallest absolute Gasteiger partial charge is 0.0693 e. The second kappa shape index (κ2) is 5.05. The molecule has 2 rings (SSSR count). The van der Waals surface area contributed by atoms with E-state index in [9.17, 15) is 0 Å². The maximum atomic E-state index is 6.03. The summed E-state index contributed by atoms with van der Waals surface area (Å²) in [6.07, 6.45) is 2.71. The molecule has 0 radical (unpaired) electrons. The third kappa shape index (κ3) is 3.06. The number of hydrogen-bond acceptors (Lipinski definition) is 2. The van der Waals surface area contributed by atoms with Gasteiger partial charge in [0.05, 0.1) is 15.7 Å². The van der Waals surface area contributed by atoms with Crippen molar-refractivity contribution < 1.29 is 0 Å². The summed E-state index contributed by atoms with van der Waals surface area (Å²) in [6, 6.07) is 4.42. The molecule has 1 fully saturated rings. The molecule has 0 aromatic heterocycles. The van der Waals surface area contributed by atoms with Gasteiger partial charge in [0.2, 0.25) is 0 Å². The van der Waals surface area contributed by atoms with E-state index in [0.717, 1.165) is 18.0 Å². The molecule has 1 aromatic carbocycles. The zero-order valence-electron chi connectivity index (χ0n) is 10.2. The summed E-state index contributed by atoms with van der Waals surface area (Å²) in [7, 11) is 2.14. The first-order valence-electron chi connectivity index (χ1n) is 5.92. The van der Waals surface area contributed by atoms with Crippen molar-refractivity contribution in [3.05, 3.63) is 27.7 Å². The third-order valence-electron chi connectivity index (χ3n) is 3.57. The number of rotatable bonds is 4. The van der Waals surface area contributed by atoms with Gasteiger partial charge in [-0.25, -0.2) is 0 Å². The van der Waals surface area contributed by atoms with Gasteiger partial charge < -0.3 is 5.73 Å². The van der Waals surface area contributed by atoms with Gasteiger partial charge in [-0.1, -0.05) is 23.2 Å². The molecular formula is C13H18Cl2N2. The van der Waals surface area contributed by atoms with Crippen LogP contribution in [0.15, 0.2) is 12.1 Å². The SMILES string of the molecule is CC(C1CC1)N(C)Cc1cc(Cl)c(N)c(Cl)c1. The van der Waals surface area contributed by atoms with Gasteiger partial charge in [0.1, 0.15) is 0 Å². The van der Waals surface area contributed by atoms with Crippen LogP contribution in [-0.4, -0.2) is 18.0 Å². The maximum Gasteiger partial charge on any atom is 0.0693 e. The van der Waals surface area contributed by atoms with E-state index in [-0.39, 0.29) is 0 Å². The number of nitrogens with two attached hydrogens (primary N) is 1. The van der Waals surface area contributed by atoms with E-state index < -0.39 is 0 Å². The van der Waals surface area contributed by atoms with Crippen LogP contribution in [-0.2, 0) is 6.54 Å². The molecule has 0 aliphatic heterocycles. The molecule has 2 N–H and O–H groups in total. The molecule has 0 saturated heterocycles. The van der Waals surface area contributed by atoms with Crippen molar-refractivity contribution in [1.82, 2.24) is 4.90 Å². The molecule has 1 unspecified atom stereocenters. The topological polar surface area (TPSA) is 29.3 Å². The van der Waals surface area contributed by atoms with E-state index in [2.05, 4.69) is 18.9 Å². The summed E-state index contributed by atoms with van der Waals surface area (Å²) in [5.74, 6) is 0.861. The molecule has 0 amide bonds. The standard InChI is InChI=1S/C13H18Cl2N2/c1-8(10-3-4-10)17(2)7-9-5-11(14)13(16)12(15)6-9/h5-6,8,10H,3-4,7,16H2,1-2H3. The molecule has 94 valence electrons. The Bertz CT molecular complexity index is 393. The number of nitrogen functional groups attached to an aromatic ring is 1. The van der Waals surface area contributed by atoms with Crippen LogP contribution in [0.2, 0.25) is 10.0 Å². The molecule has 1 aliphatic rings. The van der Waals surface area contributed by atoms with E-state index in [1.807, 2.05) is 12.1 Å². The molecule has 4 heteroatoms. The minimum Gasteiger partial charge on any atom is -0.396 e. The number of benzene rings is 1. The summed E-state index contributed by atoms with van der Waals surface area (Å²) >= 11 is 12.1. The largest absolute Gasteiger partial charge is 0.396 e. The van der Waals surface area contributed by atoms with E-state index in [4.69, 9.17) is 28.9 Å². The molecule has 1 aromatic rings. The zero-order chi connectivity index (χ0) is 12.6. The van der Waals surface area contributed by atoms with Crippen LogP contribution in [0.3, 0.4) is 0 Å². The highest BCUT2D eigenvalue weighted by Crippen LogP contribution is 2.35. The lowest BCUT2D eigenvalue weighted by Crippen LogP contribution is -2.30. The van der Waals surface area contributed by atoms with Crippen LogP contribution in [0.1, 0.15) is 25.3 Å². The molecule has 2 nitrogen and oxygen atoms in total. The third-order valence-corrected chi connectivity index (χ3v) is 4.20. The quantitative estimate of drug-likeness (QED) is 0.845. The molecule has 1 atom stereocenters. The van der Waals surface area contributed by atoms with E-state index in [0.29, 0.717) is 21.8 Å². The van der Waals surface area contributed by atoms with Gasteiger partial charge in [0.25, 0.3) is 0 Å². The first kappa shape index (κ1) is 13.0. The summed E-state index contributed by atoms with van der Waals surface area (Å²) in [4.78, 5) is 2.34. The van der Waals surface area contributed by atoms with Gasteiger partial charge in [-0.15, -0.1) is 0 Å². The fourth-order valence-corrected chi connectivity index (χ4v) is 2.63. The lowest BCUT2D eigenvalue weighted by molar-refractivity contribution is 0.226. The Morgan fingerprint density at radius 3 is 2.35 bits per heavy atom. The first-order chi connectivity index (χ1) is 7.99. The summed E-state index contributed by atoms with van der Waals surface area (Å²) in [6.45, 7) is 3.13. The lowest BCUT2D eigenvalue weighted by atomic mass is 10.1. The van der Waals surface area contributed by atoms with Crippen LogP contribution in [0.25, 0.3) is 0 Å². The highest BCUT2D eigenvalue weighted by atomic mass is 35.5. The van der Waals surface area contributed by atoms with Gasteiger partial charge >= 0.3 is 0 Å². The number of hydrogen-bond donors (Lipinski definition) is 1. The molecule has 1 saturated carbocycles. The predicted molar refractivity (Wildman–Crippen MR) is 74.5 cm³/mol. The first-order valence-corrected chi connectivity index (χ1v) is 6.68. The van der Waals surface area contributed by atoms with Crippen molar-refractivity contribution in [2.45, 2.75) is 32.4 Å². The van der Waals surface area contributed by atoms with Gasteiger partial charge in [-0.3, -0.25) is 4.90 Å². The average molecular weight is 273 g/mol. The van der Waals surface area contributed by atoms with Gasteiger partial charge in [-0.2, -0.15) is 0 Å². The van der Waals surface area contributed by atoms with Gasteiger partial charge in [0.15, 0.2) is 0 Å². The number of anilines is 1. The highest BCUT2D eigenvalue weighted by molar-refractivity contribution is 6.38. The number of halogens is 2. The van der Waals surface area contributed by atoms with Crippen molar-refractivity contribution in [3.63, 3.8) is 0 Å². The molecule has 17 heavy (non-hydrogen) atoms. The van der Waals surface area contributed by atoms with Crippen LogP contribution in [0.4, 0.5) is 5.69 Å². The predicted octanol–water partition coefficient (Wildman–Crippen LogP) is 3.81. The Balaban J connectivity index is 2.07. The monoisotopic (exact) mass is 272 g/mol. The van der Waals surface area contributed by atoms with Crippen molar-refractivity contribution >= 4 is 28.9 Å². The molecule has 0 bridgehead atoms. The maximum absolute atomic E-state index is 6.03. The second-order valence-electron chi connectivity index (χ2n) is 4.97. The summed E-state index contributed by atoms with van der Waals surface area (Å²) in [5, 5.41) is 1.08.